The summed E-state index contributed by atoms with van der Waals surface area (Å²) in [5.41, 5.74) is 5.84. The highest BCUT2D eigenvalue weighted by Crippen LogP contribution is 2.12. The van der Waals surface area contributed by atoms with E-state index in [4.69, 9.17) is 5.73 Å². The third kappa shape index (κ3) is 3.38. The molecule has 0 bridgehead atoms. The fraction of sp³-hybridized carbons (Fsp3) is 0.417. The quantitative estimate of drug-likeness (QED) is 0.836. The van der Waals surface area contributed by atoms with Gasteiger partial charge in [-0.05, 0) is 30.7 Å². The van der Waals surface area contributed by atoms with Crippen LogP contribution in [0.25, 0.3) is 0 Å². The Kier molecular flexibility index (Phi) is 4.55. The number of Topliss-reactive ketones (excluding diaryl/α,β-unsaturated/α-hetero) is 1. The molecule has 0 fully saturated rings. The van der Waals surface area contributed by atoms with E-state index in [-0.39, 0.29) is 18.1 Å². The van der Waals surface area contributed by atoms with Crippen LogP contribution in [0.4, 0.5) is 8.78 Å². The minimum Gasteiger partial charge on any atom is -0.330 e. The molecule has 0 aliphatic rings. The van der Waals surface area contributed by atoms with Crippen LogP contribution in [0.3, 0.4) is 0 Å². The summed E-state index contributed by atoms with van der Waals surface area (Å²) in [7, 11) is 0. The molecule has 88 valence electrons. The second-order valence-corrected chi connectivity index (χ2v) is 3.87. The highest BCUT2D eigenvalue weighted by molar-refractivity contribution is 5.82. The Labute approximate surface area is 93.5 Å². The summed E-state index contributed by atoms with van der Waals surface area (Å²) in [4.78, 5) is 11.6. The second-order valence-electron chi connectivity index (χ2n) is 3.87. The summed E-state index contributed by atoms with van der Waals surface area (Å²) in [6.07, 6.45) is 0.737. The Bertz CT molecular complexity index is 379. The standard InChI is InChI=1S/C12H15F2NO/c1-8(4-5-15)12(16)7-9-2-3-10(13)11(14)6-9/h2-3,6,8H,4-5,7,15H2,1H3. The monoisotopic (exact) mass is 227 g/mol. The first-order valence-corrected chi connectivity index (χ1v) is 5.21. The number of hydrogen-bond acceptors (Lipinski definition) is 2. The van der Waals surface area contributed by atoms with Crippen molar-refractivity contribution in [1.82, 2.24) is 0 Å². The second kappa shape index (κ2) is 5.70. The zero-order valence-corrected chi connectivity index (χ0v) is 9.17. The summed E-state index contributed by atoms with van der Waals surface area (Å²) in [5.74, 6) is -1.96. The topological polar surface area (TPSA) is 43.1 Å². The summed E-state index contributed by atoms with van der Waals surface area (Å²) in [5, 5.41) is 0. The number of carbonyl (C=O) groups excluding carboxylic acids is 1. The van der Waals surface area contributed by atoms with Crippen molar-refractivity contribution in [2.75, 3.05) is 6.54 Å². The van der Waals surface area contributed by atoms with Crippen molar-refractivity contribution in [3.05, 3.63) is 35.4 Å². The van der Waals surface area contributed by atoms with E-state index in [1.54, 1.807) is 6.92 Å². The molecule has 0 radical (unpaired) electrons. The van der Waals surface area contributed by atoms with E-state index in [1.807, 2.05) is 0 Å². The lowest BCUT2D eigenvalue weighted by atomic mass is 9.97. The molecule has 2 N–H and O–H groups in total. The predicted octanol–water partition coefficient (Wildman–Crippen LogP) is 2.06. The van der Waals surface area contributed by atoms with Crippen molar-refractivity contribution in [3.63, 3.8) is 0 Å². The molecule has 0 aliphatic heterocycles. The van der Waals surface area contributed by atoms with E-state index in [2.05, 4.69) is 0 Å². The lowest BCUT2D eigenvalue weighted by Gasteiger charge is -2.08. The first-order chi connectivity index (χ1) is 7.54. The molecule has 1 atom stereocenters. The molecule has 0 heterocycles. The van der Waals surface area contributed by atoms with Gasteiger partial charge in [0.25, 0.3) is 0 Å². The van der Waals surface area contributed by atoms with Crippen LogP contribution in [-0.2, 0) is 11.2 Å². The summed E-state index contributed by atoms with van der Waals surface area (Å²) in [6, 6.07) is 3.51. The summed E-state index contributed by atoms with van der Waals surface area (Å²) in [6.45, 7) is 2.24. The van der Waals surface area contributed by atoms with Crippen LogP contribution in [0.5, 0.6) is 0 Å². The van der Waals surface area contributed by atoms with Gasteiger partial charge >= 0.3 is 0 Å². The van der Waals surface area contributed by atoms with Crippen LogP contribution in [0.15, 0.2) is 18.2 Å². The summed E-state index contributed by atoms with van der Waals surface area (Å²) >= 11 is 0. The van der Waals surface area contributed by atoms with Crippen LogP contribution in [0.2, 0.25) is 0 Å². The van der Waals surface area contributed by atoms with Crippen LogP contribution < -0.4 is 5.73 Å². The van der Waals surface area contributed by atoms with Gasteiger partial charge in [-0.1, -0.05) is 13.0 Å². The number of rotatable bonds is 5. The molecule has 4 heteroatoms. The Balaban J connectivity index is 2.66. The fourth-order valence-corrected chi connectivity index (χ4v) is 1.44. The number of ketones is 1. The lowest BCUT2D eigenvalue weighted by Crippen LogP contribution is -2.17. The zero-order chi connectivity index (χ0) is 12.1. The van der Waals surface area contributed by atoms with Gasteiger partial charge in [0.1, 0.15) is 5.78 Å². The van der Waals surface area contributed by atoms with E-state index in [0.29, 0.717) is 18.5 Å². The highest BCUT2D eigenvalue weighted by atomic mass is 19.2. The molecule has 1 rings (SSSR count). The van der Waals surface area contributed by atoms with Gasteiger partial charge in [0.2, 0.25) is 0 Å². The minimum absolute atomic E-state index is 0.00328. The molecular weight excluding hydrogens is 212 g/mol. The highest BCUT2D eigenvalue weighted by Gasteiger charge is 2.13. The Morgan fingerprint density at radius 2 is 2.06 bits per heavy atom. The van der Waals surface area contributed by atoms with Crippen molar-refractivity contribution in [1.29, 1.82) is 0 Å². The van der Waals surface area contributed by atoms with Gasteiger partial charge in [-0.3, -0.25) is 4.79 Å². The zero-order valence-electron chi connectivity index (χ0n) is 9.17. The predicted molar refractivity (Wildman–Crippen MR) is 57.9 cm³/mol. The van der Waals surface area contributed by atoms with Gasteiger partial charge < -0.3 is 5.73 Å². The van der Waals surface area contributed by atoms with Crippen molar-refractivity contribution < 1.29 is 13.6 Å². The number of nitrogens with two attached hydrogens (primary N) is 1. The van der Waals surface area contributed by atoms with Crippen LogP contribution in [-0.4, -0.2) is 12.3 Å². The van der Waals surface area contributed by atoms with Crippen molar-refractivity contribution in [3.8, 4) is 0 Å². The molecule has 1 aromatic carbocycles. The smallest absolute Gasteiger partial charge is 0.159 e. The SMILES string of the molecule is CC(CCN)C(=O)Cc1ccc(F)c(F)c1. The average Bonchev–Trinajstić information content (AvgIpc) is 2.24. The largest absolute Gasteiger partial charge is 0.330 e. The average molecular weight is 227 g/mol. The van der Waals surface area contributed by atoms with Crippen molar-refractivity contribution in [2.45, 2.75) is 19.8 Å². The Morgan fingerprint density at radius 3 is 2.62 bits per heavy atom. The molecule has 0 amide bonds. The van der Waals surface area contributed by atoms with E-state index in [9.17, 15) is 13.6 Å². The van der Waals surface area contributed by atoms with Crippen LogP contribution in [0.1, 0.15) is 18.9 Å². The number of carbonyl (C=O) groups is 1. The fourth-order valence-electron chi connectivity index (χ4n) is 1.44. The van der Waals surface area contributed by atoms with Gasteiger partial charge in [0, 0.05) is 12.3 Å². The van der Waals surface area contributed by atoms with E-state index in [0.717, 1.165) is 12.1 Å². The third-order valence-corrected chi connectivity index (χ3v) is 2.51. The molecule has 16 heavy (non-hydrogen) atoms. The first kappa shape index (κ1) is 12.8. The molecule has 1 aromatic rings. The molecule has 1 unspecified atom stereocenters. The Hall–Kier alpha value is -1.29. The molecule has 0 spiro atoms. The van der Waals surface area contributed by atoms with Crippen molar-refractivity contribution in [2.24, 2.45) is 11.7 Å². The van der Waals surface area contributed by atoms with Gasteiger partial charge in [0.05, 0.1) is 0 Å². The van der Waals surface area contributed by atoms with Crippen LogP contribution >= 0.6 is 0 Å². The third-order valence-electron chi connectivity index (χ3n) is 2.51. The van der Waals surface area contributed by atoms with Crippen molar-refractivity contribution >= 4 is 5.78 Å². The maximum atomic E-state index is 12.9. The number of halogens is 2. The van der Waals surface area contributed by atoms with E-state index < -0.39 is 11.6 Å². The minimum atomic E-state index is -0.920. The van der Waals surface area contributed by atoms with Gasteiger partial charge in [0.15, 0.2) is 11.6 Å². The first-order valence-electron chi connectivity index (χ1n) is 5.21. The van der Waals surface area contributed by atoms with Crippen LogP contribution in [0, 0.1) is 17.6 Å². The number of benzene rings is 1. The molecule has 2 nitrogen and oxygen atoms in total. The van der Waals surface area contributed by atoms with E-state index >= 15 is 0 Å². The maximum Gasteiger partial charge on any atom is 0.159 e. The molecule has 0 aliphatic carbocycles. The maximum absolute atomic E-state index is 12.9. The normalized spacial score (nSPS) is 12.5. The molecule has 0 saturated heterocycles. The van der Waals surface area contributed by atoms with Gasteiger partial charge in [-0.15, -0.1) is 0 Å². The molecule has 0 aromatic heterocycles. The lowest BCUT2D eigenvalue weighted by molar-refractivity contribution is -0.121. The number of hydrogen-bond donors (Lipinski definition) is 1. The van der Waals surface area contributed by atoms with Gasteiger partial charge in [-0.25, -0.2) is 8.78 Å². The van der Waals surface area contributed by atoms with E-state index in [1.165, 1.54) is 6.07 Å². The Morgan fingerprint density at radius 1 is 1.38 bits per heavy atom. The summed E-state index contributed by atoms with van der Waals surface area (Å²) < 4.78 is 25.5. The van der Waals surface area contributed by atoms with Gasteiger partial charge in [-0.2, -0.15) is 0 Å². The molecule has 0 saturated carbocycles. The molecular formula is C12H15F2NO.